The van der Waals surface area contributed by atoms with E-state index in [9.17, 15) is 9.13 Å². The van der Waals surface area contributed by atoms with Gasteiger partial charge >= 0.3 is 15.6 Å². The lowest BCUT2D eigenvalue weighted by molar-refractivity contribution is 0.143. The average Bonchev–Trinajstić information content (AvgIpc) is 3.09. The third-order valence-corrected chi connectivity index (χ3v) is 5.44. The van der Waals surface area contributed by atoms with E-state index in [1.165, 1.54) is 5.57 Å². The normalized spacial score (nSPS) is 18.9. The molecule has 0 heterocycles. The van der Waals surface area contributed by atoms with Gasteiger partial charge in [0.25, 0.3) is 0 Å². The maximum atomic E-state index is 12.2. The molecule has 0 spiro atoms. The second kappa shape index (κ2) is 8.55. The number of hydrogen-bond acceptors (Lipinski definition) is 5. The van der Waals surface area contributed by atoms with Crippen molar-refractivity contribution < 1.29 is 32.3 Å². The van der Waals surface area contributed by atoms with Crippen molar-refractivity contribution in [3.63, 3.8) is 0 Å². The van der Waals surface area contributed by atoms with Gasteiger partial charge in [0.15, 0.2) is 0 Å². The van der Waals surface area contributed by atoms with E-state index in [1.54, 1.807) is 6.08 Å². The Labute approximate surface area is 131 Å². The molecule has 0 aromatic rings. The summed E-state index contributed by atoms with van der Waals surface area (Å²) in [6.45, 7) is 5.85. The molecule has 0 saturated heterocycles. The van der Waals surface area contributed by atoms with Gasteiger partial charge in [-0.2, -0.15) is 4.31 Å². The lowest BCUT2D eigenvalue weighted by atomic mass is 10.1. The molecule has 22 heavy (non-hydrogen) atoms. The Morgan fingerprint density at radius 3 is 2.32 bits per heavy atom. The van der Waals surface area contributed by atoms with Crippen molar-refractivity contribution in [3.05, 3.63) is 23.3 Å². The first-order chi connectivity index (χ1) is 10.1. The Morgan fingerprint density at radius 2 is 1.82 bits per heavy atom. The lowest BCUT2D eigenvalue weighted by Gasteiger charge is -2.17. The number of hydrogen-bond donors (Lipinski definition) is 2. The number of phosphoric acid groups is 2. The summed E-state index contributed by atoms with van der Waals surface area (Å²) in [4.78, 5) is 17.6. The van der Waals surface area contributed by atoms with Gasteiger partial charge in [-0.1, -0.05) is 23.3 Å². The predicted molar refractivity (Wildman–Crippen MR) is 83.2 cm³/mol. The van der Waals surface area contributed by atoms with E-state index in [0.29, 0.717) is 12.8 Å². The fourth-order valence-electron chi connectivity index (χ4n) is 1.52. The van der Waals surface area contributed by atoms with E-state index in [4.69, 9.17) is 18.8 Å². The summed E-state index contributed by atoms with van der Waals surface area (Å²) in [6, 6.07) is 0. The predicted octanol–water partition coefficient (Wildman–Crippen LogP) is 4.09. The van der Waals surface area contributed by atoms with Gasteiger partial charge in [0, 0.05) is 0 Å². The molecule has 128 valence electrons. The summed E-state index contributed by atoms with van der Waals surface area (Å²) in [5.74, 6) is 0. The van der Waals surface area contributed by atoms with Crippen LogP contribution in [0.25, 0.3) is 0 Å². The second-order valence-electron chi connectivity index (χ2n) is 5.49. The Balaban J connectivity index is 2.50. The van der Waals surface area contributed by atoms with E-state index >= 15 is 0 Å². The fourth-order valence-corrected chi connectivity index (χ4v) is 3.80. The SMILES string of the molecule is CC(C)=CCC/C(C)=C/COP(=O)(OC1CC1)OP(=O)(O)O. The van der Waals surface area contributed by atoms with Crippen molar-refractivity contribution in [3.8, 4) is 0 Å². The largest absolute Gasteiger partial charge is 0.484 e. The van der Waals surface area contributed by atoms with Gasteiger partial charge in [0.05, 0.1) is 12.7 Å². The minimum absolute atomic E-state index is 0.0926. The summed E-state index contributed by atoms with van der Waals surface area (Å²) in [5, 5.41) is 0. The maximum Gasteiger partial charge on any atom is 0.484 e. The third-order valence-electron chi connectivity index (χ3n) is 2.76. The molecule has 0 amide bonds. The molecule has 0 radical (unpaired) electrons. The topological polar surface area (TPSA) is 102 Å². The Bertz CT molecular complexity index is 512. The average molecular weight is 354 g/mol. The first kappa shape index (κ1) is 19.8. The molecule has 1 unspecified atom stereocenters. The van der Waals surface area contributed by atoms with Crippen molar-refractivity contribution in [1.82, 2.24) is 0 Å². The van der Waals surface area contributed by atoms with Crippen molar-refractivity contribution >= 4 is 15.6 Å². The minimum Gasteiger partial charge on any atom is -0.302 e. The van der Waals surface area contributed by atoms with Crippen LogP contribution in [0.1, 0.15) is 46.5 Å². The van der Waals surface area contributed by atoms with Crippen LogP contribution in [0.2, 0.25) is 0 Å². The Morgan fingerprint density at radius 1 is 1.18 bits per heavy atom. The first-order valence-corrected chi connectivity index (χ1v) is 10.1. The highest BCUT2D eigenvalue weighted by Crippen LogP contribution is 2.63. The summed E-state index contributed by atoms with van der Waals surface area (Å²) in [6.07, 6.45) is 6.55. The molecule has 2 N–H and O–H groups in total. The highest BCUT2D eigenvalue weighted by molar-refractivity contribution is 7.61. The van der Waals surface area contributed by atoms with E-state index < -0.39 is 15.6 Å². The molecule has 1 rings (SSSR count). The Hall–Kier alpha value is -0.260. The summed E-state index contributed by atoms with van der Waals surface area (Å²) >= 11 is 0. The lowest BCUT2D eigenvalue weighted by Crippen LogP contribution is -2.01. The van der Waals surface area contributed by atoms with Crippen LogP contribution in [0.4, 0.5) is 0 Å². The van der Waals surface area contributed by atoms with Crippen LogP contribution >= 0.6 is 15.6 Å². The van der Waals surface area contributed by atoms with Gasteiger partial charge in [-0.3, -0.25) is 9.05 Å². The van der Waals surface area contributed by atoms with Crippen molar-refractivity contribution in [2.45, 2.75) is 52.6 Å². The molecule has 0 aromatic carbocycles. The smallest absolute Gasteiger partial charge is 0.302 e. The zero-order chi connectivity index (χ0) is 16.8. The van der Waals surface area contributed by atoms with Gasteiger partial charge < -0.3 is 9.79 Å². The zero-order valence-electron chi connectivity index (χ0n) is 13.1. The van der Waals surface area contributed by atoms with E-state index in [2.05, 4.69) is 10.4 Å². The first-order valence-electron chi connectivity index (χ1n) is 7.08. The van der Waals surface area contributed by atoms with E-state index in [0.717, 1.165) is 18.4 Å². The second-order valence-corrected chi connectivity index (χ2v) is 8.49. The fraction of sp³-hybridized carbons (Fsp3) is 0.692. The Kier molecular flexibility index (Phi) is 7.69. The van der Waals surface area contributed by atoms with Crippen LogP contribution in [0.3, 0.4) is 0 Å². The number of rotatable bonds is 10. The quantitative estimate of drug-likeness (QED) is 0.450. The molecular formula is C13H24O7P2. The van der Waals surface area contributed by atoms with Gasteiger partial charge in [0.2, 0.25) is 0 Å². The number of phosphoric ester groups is 1. The van der Waals surface area contributed by atoms with Crippen LogP contribution in [-0.2, 0) is 22.5 Å². The minimum atomic E-state index is -4.95. The summed E-state index contributed by atoms with van der Waals surface area (Å²) in [5.41, 5.74) is 2.26. The molecule has 1 fully saturated rings. The van der Waals surface area contributed by atoms with Gasteiger partial charge in [-0.05, 0) is 46.5 Å². The number of allylic oxidation sites excluding steroid dienone is 3. The van der Waals surface area contributed by atoms with Crippen LogP contribution in [0.5, 0.6) is 0 Å². The maximum absolute atomic E-state index is 12.2. The van der Waals surface area contributed by atoms with Crippen LogP contribution in [-0.4, -0.2) is 22.5 Å². The molecule has 0 aliphatic heterocycles. The van der Waals surface area contributed by atoms with Crippen LogP contribution in [0.15, 0.2) is 23.3 Å². The van der Waals surface area contributed by atoms with Crippen molar-refractivity contribution in [2.75, 3.05) is 6.61 Å². The van der Waals surface area contributed by atoms with Crippen LogP contribution in [0, 0.1) is 0 Å². The van der Waals surface area contributed by atoms with Crippen molar-refractivity contribution in [1.29, 1.82) is 0 Å². The molecule has 1 aliphatic carbocycles. The van der Waals surface area contributed by atoms with E-state index in [-0.39, 0.29) is 12.7 Å². The monoisotopic (exact) mass is 354 g/mol. The van der Waals surface area contributed by atoms with Gasteiger partial charge in [0.1, 0.15) is 0 Å². The highest BCUT2D eigenvalue weighted by Gasteiger charge is 2.41. The van der Waals surface area contributed by atoms with Gasteiger partial charge in [-0.15, -0.1) is 0 Å². The zero-order valence-corrected chi connectivity index (χ0v) is 14.9. The summed E-state index contributed by atoms with van der Waals surface area (Å²) in [7, 11) is -9.20. The van der Waals surface area contributed by atoms with Crippen LogP contribution < -0.4 is 0 Å². The third kappa shape index (κ3) is 9.70. The van der Waals surface area contributed by atoms with Gasteiger partial charge in [-0.25, -0.2) is 9.13 Å². The molecule has 0 aromatic heterocycles. The summed E-state index contributed by atoms with van der Waals surface area (Å²) < 4.78 is 37.2. The molecule has 7 nitrogen and oxygen atoms in total. The molecule has 1 saturated carbocycles. The standard InChI is InChI=1S/C13H24O7P2/c1-11(2)5-4-6-12(3)9-10-18-22(17,19-13-7-8-13)20-21(14,15)16/h5,9,13H,4,6-8,10H2,1-3H3,(H2,14,15,16)/b12-9+. The van der Waals surface area contributed by atoms with E-state index in [1.807, 2.05) is 20.8 Å². The molecule has 1 aliphatic rings. The molecular weight excluding hydrogens is 330 g/mol. The molecule has 0 bridgehead atoms. The highest BCUT2D eigenvalue weighted by atomic mass is 31.3. The molecule has 1 atom stereocenters. The van der Waals surface area contributed by atoms with Crippen molar-refractivity contribution in [2.24, 2.45) is 0 Å². The molecule has 9 heteroatoms.